The second-order valence-electron chi connectivity index (χ2n) is 5.92. The standard InChI is InChI=1S/C21H18N4O2/c1-26-16-10-14(12-23-13-16)25-21-11-15(8-9-24-21)27-20-7-6-19(22)17-4-2-3-5-18(17)20/h2-13H,22H2,1H3,(H,24,25). The van der Waals surface area contributed by atoms with Crippen LogP contribution in [0.2, 0.25) is 0 Å². The van der Waals surface area contributed by atoms with Crippen LogP contribution in [0.5, 0.6) is 17.2 Å². The Labute approximate surface area is 156 Å². The van der Waals surface area contributed by atoms with E-state index < -0.39 is 0 Å². The van der Waals surface area contributed by atoms with Crippen LogP contribution >= 0.6 is 0 Å². The molecule has 0 saturated heterocycles. The molecule has 0 atom stereocenters. The summed E-state index contributed by atoms with van der Waals surface area (Å²) in [5.41, 5.74) is 7.56. The summed E-state index contributed by atoms with van der Waals surface area (Å²) in [7, 11) is 1.60. The number of pyridine rings is 2. The number of benzene rings is 2. The Kier molecular flexibility index (Phi) is 4.45. The number of fused-ring (bicyclic) bond motifs is 1. The first-order valence-corrected chi connectivity index (χ1v) is 8.40. The first kappa shape index (κ1) is 16.7. The SMILES string of the molecule is COc1cncc(Nc2cc(Oc3ccc(N)c4ccccc34)ccn2)c1. The van der Waals surface area contributed by atoms with Gasteiger partial charge in [-0.05, 0) is 18.2 Å². The molecule has 4 aromatic rings. The van der Waals surface area contributed by atoms with Crippen molar-refractivity contribution in [3.05, 3.63) is 73.2 Å². The molecule has 6 nitrogen and oxygen atoms in total. The van der Waals surface area contributed by atoms with Crippen LogP contribution in [-0.4, -0.2) is 17.1 Å². The molecule has 0 aliphatic rings. The van der Waals surface area contributed by atoms with Gasteiger partial charge >= 0.3 is 0 Å². The Morgan fingerprint density at radius 2 is 1.78 bits per heavy atom. The molecule has 0 bridgehead atoms. The average molecular weight is 358 g/mol. The third-order valence-electron chi connectivity index (χ3n) is 4.10. The number of aromatic nitrogens is 2. The molecule has 0 radical (unpaired) electrons. The Balaban J connectivity index is 1.61. The smallest absolute Gasteiger partial charge is 0.139 e. The van der Waals surface area contributed by atoms with Crippen LogP contribution in [0.1, 0.15) is 0 Å². The zero-order chi connectivity index (χ0) is 18.6. The van der Waals surface area contributed by atoms with Crippen molar-refractivity contribution >= 4 is 28.0 Å². The molecule has 0 aliphatic heterocycles. The molecule has 0 saturated carbocycles. The van der Waals surface area contributed by atoms with Gasteiger partial charge in [-0.15, -0.1) is 0 Å². The van der Waals surface area contributed by atoms with Crippen molar-refractivity contribution in [3.63, 3.8) is 0 Å². The van der Waals surface area contributed by atoms with Crippen LogP contribution in [0.4, 0.5) is 17.2 Å². The van der Waals surface area contributed by atoms with Crippen LogP contribution < -0.4 is 20.5 Å². The summed E-state index contributed by atoms with van der Waals surface area (Å²) in [5.74, 6) is 2.71. The van der Waals surface area contributed by atoms with Gasteiger partial charge in [0.1, 0.15) is 23.1 Å². The molecule has 6 heteroatoms. The van der Waals surface area contributed by atoms with Crippen molar-refractivity contribution in [2.75, 3.05) is 18.2 Å². The largest absolute Gasteiger partial charge is 0.495 e. The summed E-state index contributed by atoms with van der Waals surface area (Å²) in [6, 6.07) is 17.1. The summed E-state index contributed by atoms with van der Waals surface area (Å²) in [6.45, 7) is 0. The van der Waals surface area contributed by atoms with E-state index in [0.717, 1.165) is 27.9 Å². The molecule has 27 heavy (non-hydrogen) atoms. The maximum absolute atomic E-state index is 6.09. The van der Waals surface area contributed by atoms with Gasteiger partial charge in [-0.25, -0.2) is 4.98 Å². The lowest BCUT2D eigenvalue weighted by molar-refractivity contribution is 0.413. The molecule has 2 heterocycles. The average Bonchev–Trinajstić information content (AvgIpc) is 2.71. The lowest BCUT2D eigenvalue weighted by atomic mass is 10.1. The van der Waals surface area contributed by atoms with Crippen molar-refractivity contribution in [3.8, 4) is 17.2 Å². The summed E-state index contributed by atoms with van der Waals surface area (Å²) >= 11 is 0. The molecule has 0 aliphatic carbocycles. The Morgan fingerprint density at radius 1 is 0.926 bits per heavy atom. The summed E-state index contributed by atoms with van der Waals surface area (Å²) < 4.78 is 11.3. The second-order valence-corrected chi connectivity index (χ2v) is 5.92. The van der Waals surface area contributed by atoms with E-state index in [9.17, 15) is 0 Å². The molecule has 2 aromatic heterocycles. The minimum absolute atomic E-state index is 0.641. The predicted octanol–water partition coefficient (Wildman–Crippen LogP) is 4.76. The number of nitrogens with one attached hydrogen (secondary N) is 1. The van der Waals surface area contributed by atoms with Gasteiger partial charge in [-0.1, -0.05) is 24.3 Å². The van der Waals surface area contributed by atoms with Gasteiger partial charge < -0.3 is 20.5 Å². The maximum Gasteiger partial charge on any atom is 0.139 e. The lowest BCUT2D eigenvalue weighted by Gasteiger charge is -2.12. The highest BCUT2D eigenvalue weighted by Gasteiger charge is 2.07. The third kappa shape index (κ3) is 3.59. The molecular weight excluding hydrogens is 340 g/mol. The zero-order valence-electron chi connectivity index (χ0n) is 14.7. The minimum atomic E-state index is 0.641. The van der Waals surface area contributed by atoms with Gasteiger partial charge in [-0.3, -0.25) is 4.98 Å². The Hall–Kier alpha value is -3.80. The van der Waals surface area contributed by atoms with Gasteiger partial charge in [0.25, 0.3) is 0 Å². The van der Waals surface area contributed by atoms with Crippen LogP contribution in [-0.2, 0) is 0 Å². The first-order chi connectivity index (χ1) is 13.2. The summed E-state index contributed by atoms with van der Waals surface area (Å²) in [5, 5.41) is 5.12. The highest BCUT2D eigenvalue weighted by atomic mass is 16.5. The Bertz CT molecular complexity index is 1100. The number of nitrogen functional groups attached to an aromatic ring is 1. The van der Waals surface area contributed by atoms with E-state index in [1.807, 2.05) is 48.5 Å². The van der Waals surface area contributed by atoms with Crippen LogP contribution in [0.25, 0.3) is 10.8 Å². The van der Waals surface area contributed by atoms with Crippen molar-refractivity contribution < 1.29 is 9.47 Å². The predicted molar refractivity (Wildman–Crippen MR) is 107 cm³/mol. The normalized spacial score (nSPS) is 10.6. The number of methoxy groups -OCH3 is 1. The highest BCUT2D eigenvalue weighted by molar-refractivity contribution is 5.97. The van der Waals surface area contributed by atoms with E-state index in [1.54, 1.807) is 31.8 Å². The number of anilines is 3. The van der Waals surface area contributed by atoms with Crippen molar-refractivity contribution in [1.29, 1.82) is 0 Å². The van der Waals surface area contributed by atoms with Gasteiger partial charge in [0, 0.05) is 34.8 Å². The minimum Gasteiger partial charge on any atom is -0.495 e. The molecule has 0 amide bonds. The topological polar surface area (TPSA) is 82.3 Å². The molecule has 4 rings (SSSR count). The van der Waals surface area contributed by atoms with Gasteiger partial charge in [0.2, 0.25) is 0 Å². The molecule has 0 unspecified atom stereocenters. The molecular formula is C21H18N4O2. The molecule has 134 valence electrons. The van der Waals surface area contributed by atoms with Crippen LogP contribution in [0.15, 0.2) is 73.2 Å². The quantitative estimate of drug-likeness (QED) is 0.501. The van der Waals surface area contributed by atoms with E-state index in [2.05, 4.69) is 15.3 Å². The Morgan fingerprint density at radius 3 is 2.63 bits per heavy atom. The van der Waals surface area contributed by atoms with Crippen LogP contribution in [0, 0.1) is 0 Å². The van der Waals surface area contributed by atoms with Gasteiger partial charge in [0.05, 0.1) is 25.2 Å². The highest BCUT2D eigenvalue weighted by Crippen LogP contribution is 2.33. The maximum atomic E-state index is 6.09. The summed E-state index contributed by atoms with van der Waals surface area (Å²) in [4.78, 5) is 8.45. The van der Waals surface area contributed by atoms with Crippen LogP contribution in [0.3, 0.4) is 0 Å². The van der Waals surface area contributed by atoms with E-state index >= 15 is 0 Å². The summed E-state index contributed by atoms with van der Waals surface area (Å²) in [6.07, 6.45) is 5.03. The van der Waals surface area contributed by atoms with Crippen molar-refractivity contribution in [2.24, 2.45) is 0 Å². The van der Waals surface area contributed by atoms with E-state index in [4.69, 9.17) is 15.2 Å². The fourth-order valence-corrected chi connectivity index (χ4v) is 2.80. The fourth-order valence-electron chi connectivity index (χ4n) is 2.80. The molecule has 0 fully saturated rings. The monoisotopic (exact) mass is 358 g/mol. The number of rotatable bonds is 5. The lowest BCUT2D eigenvalue weighted by Crippen LogP contribution is -1.96. The number of nitrogens with zero attached hydrogens (tertiary/aromatic N) is 2. The zero-order valence-corrected chi connectivity index (χ0v) is 14.7. The third-order valence-corrected chi connectivity index (χ3v) is 4.10. The van der Waals surface area contributed by atoms with E-state index in [0.29, 0.717) is 17.3 Å². The van der Waals surface area contributed by atoms with Gasteiger partial charge in [0.15, 0.2) is 0 Å². The molecule has 0 spiro atoms. The fraction of sp³-hybridized carbons (Fsp3) is 0.0476. The van der Waals surface area contributed by atoms with Crippen molar-refractivity contribution in [1.82, 2.24) is 9.97 Å². The number of nitrogens with two attached hydrogens (primary N) is 1. The van der Waals surface area contributed by atoms with Gasteiger partial charge in [-0.2, -0.15) is 0 Å². The number of ether oxygens (including phenoxy) is 2. The number of hydrogen-bond acceptors (Lipinski definition) is 6. The second kappa shape index (κ2) is 7.21. The molecule has 2 aromatic carbocycles. The van der Waals surface area contributed by atoms with E-state index in [1.165, 1.54) is 0 Å². The number of hydrogen-bond donors (Lipinski definition) is 2. The van der Waals surface area contributed by atoms with Crippen molar-refractivity contribution in [2.45, 2.75) is 0 Å². The first-order valence-electron chi connectivity index (χ1n) is 8.40. The molecule has 3 N–H and O–H groups in total. The van der Waals surface area contributed by atoms with E-state index in [-0.39, 0.29) is 0 Å².